The fraction of sp³-hybridized carbons (Fsp3) is 1.00. The van der Waals surface area contributed by atoms with Crippen LogP contribution in [-0.2, 0) is 4.57 Å². The quantitative estimate of drug-likeness (QED) is 0.479. The molecule has 0 saturated heterocycles. The van der Waals surface area contributed by atoms with E-state index in [9.17, 15) is 4.57 Å². The summed E-state index contributed by atoms with van der Waals surface area (Å²) in [4.78, 5) is 8.10. The molecule has 3 nitrogen and oxygen atoms in total. The molecular formula is C2H8NO2P. The molecule has 0 heterocycles. The maximum atomic E-state index is 9.81. The summed E-state index contributed by atoms with van der Waals surface area (Å²) in [5.74, 6) is 0. The predicted molar refractivity (Wildman–Crippen MR) is 24.9 cm³/mol. The molecule has 0 radical (unpaired) electrons. The minimum absolute atomic E-state index is 1.27. The van der Waals surface area contributed by atoms with Gasteiger partial charge >= 0.3 is 0 Å². The van der Waals surface area contributed by atoms with Crippen LogP contribution in [0.3, 0.4) is 0 Å². The molecule has 0 aliphatic rings. The van der Waals surface area contributed by atoms with Gasteiger partial charge in [-0.25, -0.2) is 4.67 Å². The Hall–Kier alpha value is 0.150. The maximum Gasteiger partial charge on any atom is 0.257 e. The first-order valence-electron chi connectivity index (χ1n) is 1.55. The van der Waals surface area contributed by atoms with Gasteiger partial charge in [-0.1, -0.05) is 0 Å². The molecule has 0 aromatic rings. The van der Waals surface area contributed by atoms with Crippen LogP contribution in [0.25, 0.3) is 0 Å². The van der Waals surface area contributed by atoms with Crippen molar-refractivity contribution >= 4 is 8.18 Å². The van der Waals surface area contributed by atoms with Crippen molar-refractivity contribution in [2.24, 2.45) is 0 Å². The molecule has 4 heteroatoms. The Labute approximate surface area is 37.5 Å². The van der Waals surface area contributed by atoms with Gasteiger partial charge in [-0.05, 0) is 14.1 Å². The highest BCUT2D eigenvalue weighted by Crippen LogP contribution is 2.13. The minimum Gasteiger partial charge on any atom is -0.335 e. The lowest BCUT2D eigenvalue weighted by molar-refractivity contribution is 0.440. The second-order valence-corrected chi connectivity index (χ2v) is 2.64. The van der Waals surface area contributed by atoms with Crippen molar-refractivity contribution in [2.75, 3.05) is 14.1 Å². The van der Waals surface area contributed by atoms with Gasteiger partial charge in [0.05, 0.1) is 0 Å². The molecule has 6 heavy (non-hydrogen) atoms. The lowest BCUT2D eigenvalue weighted by atomic mass is 11.3. The molecule has 0 spiro atoms. The highest BCUT2D eigenvalue weighted by atomic mass is 31.1. The van der Waals surface area contributed by atoms with Gasteiger partial charge in [-0.15, -0.1) is 0 Å². The van der Waals surface area contributed by atoms with Gasteiger partial charge in [-0.3, -0.25) is 4.57 Å². The van der Waals surface area contributed by atoms with E-state index in [0.717, 1.165) is 0 Å². The summed E-state index contributed by atoms with van der Waals surface area (Å²) >= 11 is 0. The molecule has 0 fully saturated rings. The van der Waals surface area contributed by atoms with E-state index in [1.807, 2.05) is 0 Å². The Morgan fingerprint density at radius 3 is 1.83 bits per heavy atom. The Morgan fingerprint density at radius 1 is 1.67 bits per heavy atom. The second-order valence-electron chi connectivity index (χ2n) is 1.18. The fourth-order valence-corrected chi connectivity index (χ4v) is 0. The van der Waals surface area contributed by atoms with Crippen LogP contribution in [0.1, 0.15) is 0 Å². The third-order valence-electron chi connectivity index (χ3n) is 0.383. The zero-order valence-corrected chi connectivity index (χ0v) is 4.80. The Balaban J connectivity index is 3.26. The summed E-state index contributed by atoms with van der Waals surface area (Å²) in [5.41, 5.74) is 0. The van der Waals surface area contributed by atoms with Crippen LogP contribution >= 0.6 is 8.18 Å². The first-order valence-corrected chi connectivity index (χ1v) is 2.85. The van der Waals surface area contributed by atoms with Gasteiger partial charge in [0.1, 0.15) is 0 Å². The molecule has 1 N–H and O–H groups in total. The molecule has 0 aliphatic heterocycles. The van der Waals surface area contributed by atoms with E-state index in [0.29, 0.717) is 0 Å². The van der Waals surface area contributed by atoms with Crippen molar-refractivity contribution in [3.8, 4) is 0 Å². The Kier molecular flexibility index (Phi) is 2.40. The second kappa shape index (κ2) is 2.35. The lowest BCUT2D eigenvalue weighted by Crippen LogP contribution is -1.96. The van der Waals surface area contributed by atoms with Crippen LogP contribution in [0.5, 0.6) is 0 Å². The van der Waals surface area contributed by atoms with Crippen LogP contribution in [-0.4, -0.2) is 23.7 Å². The first kappa shape index (κ1) is 6.15. The molecular weight excluding hydrogens is 101 g/mol. The zero-order chi connectivity index (χ0) is 5.15. The zero-order valence-electron chi connectivity index (χ0n) is 3.80. The third-order valence-corrected chi connectivity index (χ3v) is 1.15. The largest absolute Gasteiger partial charge is 0.335 e. The molecule has 0 amide bonds. The van der Waals surface area contributed by atoms with Crippen LogP contribution in [0.15, 0.2) is 0 Å². The standard InChI is InChI=1S/C2H8NO2P/c1-3(2)6(4)5/h6H,1-2H3,(H,4,5). The summed E-state index contributed by atoms with van der Waals surface area (Å²) in [5, 5.41) is 0. The van der Waals surface area contributed by atoms with Crippen molar-refractivity contribution in [1.29, 1.82) is 0 Å². The van der Waals surface area contributed by atoms with E-state index in [-0.39, 0.29) is 0 Å². The van der Waals surface area contributed by atoms with Gasteiger partial charge in [0, 0.05) is 0 Å². The van der Waals surface area contributed by atoms with Crippen LogP contribution in [0.2, 0.25) is 0 Å². The number of hydrogen-bond acceptors (Lipinski definition) is 1. The maximum absolute atomic E-state index is 9.81. The number of rotatable bonds is 1. The van der Waals surface area contributed by atoms with Gasteiger partial charge in [0.15, 0.2) is 0 Å². The van der Waals surface area contributed by atoms with E-state index in [2.05, 4.69) is 0 Å². The third kappa shape index (κ3) is 2.39. The highest BCUT2D eigenvalue weighted by Gasteiger charge is 1.88. The van der Waals surface area contributed by atoms with Crippen molar-refractivity contribution in [3.05, 3.63) is 0 Å². The molecule has 1 atom stereocenters. The molecule has 0 saturated carbocycles. The van der Waals surface area contributed by atoms with Crippen molar-refractivity contribution in [3.63, 3.8) is 0 Å². The van der Waals surface area contributed by atoms with Crippen LogP contribution < -0.4 is 0 Å². The summed E-state index contributed by atoms with van der Waals surface area (Å²) < 4.78 is 11.1. The van der Waals surface area contributed by atoms with Crippen molar-refractivity contribution < 1.29 is 9.46 Å². The average Bonchev–Trinajstić information content (AvgIpc) is 1.36. The summed E-state index contributed by atoms with van der Waals surface area (Å²) in [6.45, 7) is 0. The van der Waals surface area contributed by atoms with Crippen molar-refractivity contribution in [1.82, 2.24) is 4.67 Å². The minimum atomic E-state index is -2.37. The van der Waals surface area contributed by atoms with E-state index >= 15 is 0 Å². The normalized spacial score (nSPS) is 15.3. The van der Waals surface area contributed by atoms with Crippen LogP contribution in [0, 0.1) is 0 Å². The Bertz CT molecular complexity index is 62.6. The van der Waals surface area contributed by atoms with E-state index in [1.165, 1.54) is 4.67 Å². The molecule has 38 valence electrons. The lowest BCUT2D eigenvalue weighted by Gasteiger charge is -1.99. The van der Waals surface area contributed by atoms with E-state index in [1.54, 1.807) is 14.1 Å². The summed E-state index contributed by atoms with van der Waals surface area (Å²) in [6, 6.07) is 0. The highest BCUT2D eigenvalue weighted by molar-refractivity contribution is 7.35. The van der Waals surface area contributed by atoms with Gasteiger partial charge in [0.25, 0.3) is 8.18 Å². The number of nitrogens with zero attached hydrogens (tertiary/aromatic N) is 1. The smallest absolute Gasteiger partial charge is 0.257 e. The van der Waals surface area contributed by atoms with Crippen LogP contribution in [0.4, 0.5) is 0 Å². The summed E-state index contributed by atoms with van der Waals surface area (Å²) in [7, 11) is 0.745. The van der Waals surface area contributed by atoms with Gasteiger partial charge in [0.2, 0.25) is 0 Å². The van der Waals surface area contributed by atoms with Gasteiger partial charge < -0.3 is 4.89 Å². The van der Waals surface area contributed by atoms with Crippen molar-refractivity contribution in [2.45, 2.75) is 0 Å². The van der Waals surface area contributed by atoms with Gasteiger partial charge in [-0.2, -0.15) is 0 Å². The topological polar surface area (TPSA) is 40.5 Å². The predicted octanol–water partition coefficient (Wildman–Crippen LogP) is -0.0700. The first-order chi connectivity index (χ1) is 2.64. The SMILES string of the molecule is CN(C)[PH](=O)O. The monoisotopic (exact) mass is 109 g/mol. The molecule has 0 aliphatic carbocycles. The Morgan fingerprint density at radius 2 is 1.83 bits per heavy atom. The van der Waals surface area contributed by atoms with E-state index in [4.69, 9.17) is 4.89 Å². The molecule has 1 unspecified atom stereocenters. The molecule has 0 aromatic heterocycles. The molecule has 0 rings (SSSR count). The molecule has 0 bridgehead atoms. The average molecular weight is 109 g/mol. The van der Waals surface area contributed by atoms with E-state index < -0.39 is 8.18 Å². The fourth-order valence-electron chi connectivity index (χ4n) is 0. The number of hydrogen-bond donors (Lipinski definition) is 1. The molecule has 0 aromatic carbocycles. The summed E-state index contributed by atoms with van der Waals surface area (Å²) in [6.07, 6.45) is 0.